The van der Waals surface area contributed by atoms with E-state index in [1.807, 2.05) is 25.1 Å². The van der Waals surface area contributed by atoms with Crippen LogP contribution >= 0.6 is 0 Å². The maximum Gasteiger partial charge on any atom is 0.317 e. The topological polar surface area (TPSA) is 59.7 Å². The molecule has 0 bridgehead atoms. The first kappa shape index (κ1) is 13.2. The van der Waals surface area contributed by atoms with Gasteiger partial charge in [0.1, 0.15) is 29.8 Å². The van der Waals surface area contributed by atoms with Gasteiger partial charge in [0.25, 0.3) is 0 Å². The summed E-state index contributed by atoms with van der Waals surface area (Å²) in [5.74, 6) is 0.0141. The molecule has 0 aliphatic carbocycles. The first-order valence-electron chi connectivity index (χ1n) is 6.05. The molecule has 100 valence electrons. The fourth-order valence-electron chi connectivity index (χ4n) is 1.80. The maximum absolute atomic E-state index is 11.3. The monoisotopic (exact) mass is 260 g/mol. The number of hydrogen-bond acceptors (Lipinski definition) is 3. The zero-order valence-electron chi connectivity index (χ0n) is 10.9. The van der Waals surface area contributed by atoms with Crippen LogP contribution in [-0.2, 0) is 4.79 Å². The van der Waals surface area contributed by atoms with Crippen LogP contribution in [0.2, 0.25) is 0 Å². The van der Waals surface area contributed by atoms with Gasteiger partial charge in [-0.25, -0.2) is 0 Å². The van der Waals surface area contributed by atoms with E-state index in [1.54, 1.807) is 25.1 Å². The highest BCUT2D eigenvalue weighted by atomic mass is 16.5. The lowest BCUT2D eigenvalue weighted by Gasteiger charge is -2.12. The third-order valence-corrected chi connectivity index (χ3v) is 2.81. The van der Waals surface area contributed by atoms with Crippen LogP contribution in [0.25, 0.3) is 0 Å². The lowest BCUT2D eigenvalue weighted by atomic mass is 10.1. The molecule has 0 spiro atoms. The second kappa shape index (κ2) is 5.61. The smallest absolute Gasteiger partial charge is 0.317 e. The molecule has 0 aliphatic heterocycles. The molecule has 19 heavy (non-hydrogen) atoms. The minimum absolute atomic E-state index is 0.0474. The van der Waals surface area contributed by atoms with Crippen molar-refractivity contribution < 1.29 is 19.1 Å². The van der Waals surface area contributed by atoms with E-state index in [9.17, 15) is 9.90 Å². The van der Waals surface area contributed by atoms with Crippen molar-refractivity contribution in [2.75, 3.05) is 6.61 Å². The highest BCUT2D eigenvalue weighted by Crippen LogP contribution is 2.21. The van der Waals surface area contributed by atoms with Gasteiger partial charge in [-0.3, -0.25) is 4.79 Å². The Morgan fingerprint density at radius 1 is 1.32 bits per heavy atom. The van der Waals surface area contributed by atoms with Gasteiger partial charge >= 0.3 is 5.97 Å². The Labute approximate surface area is 111 Å². The summed E-state index contributed by atoms with van der Waals surface area (Å²) in [5, 5.41) is 9.23. The molecule has 4 heteroatoms. The molecular weight excluding hydrogens is 244 g/mol. The lowest BCUT2D eigenvalue weighted by molar-refractivity contribution is -0.140. The van der Waals surface area contributed by atoms with E-state index in [1.165, 1.54) is 0 Å². The summed E-state index contributed by atoms with van der Waals surface area (Å²) in [6.45, 7) is 3.78. The standard InChI is InChI=1S/C15H16O4/c1-10-4-3-5-12(8-10)18-9-13(15(16)17)14-7-6-11(2)19-14/h3-8,13H,9H2,1-2H3,(H,16,17). The van der Waals surface area contributed by atoms with Crippen LogP contribution in [0.3, 0.4) is 0 Å². The number of carboxylic acids is 1. The average Bonchev–Trinajstić information content (AvgIpc) is 2.76. The summed E-state index contributed by atoms with van der Waals surface area (Å²) >= 11 is 0. The van der Waals surface area contributed by atoms with Crippen LogP contribution in [0.5, 0.6) is 5.75 Å². The first-order chi connectivity index (χ1) is 9.06. The Morgan fingerprint density at radius 3 is 2.68 bits per heavy atom. The summed E-state index contributed by atoms with van der Waals surface area (Å²) < 4.78 is 10.9. The fourth-order valence-corrected chi connectivity index (χ4v) is 1.80. The van der Waals surface area contributed by atoms with Crippen molar-refractivity contribution >= 4 is 5.97 Å². The lowest BCUT2D eigenvalue weighted by Crippen LogP contribution is -2.19. The van der Waals surface area contributed by atoms with E-state index in [-0.39, 0.29) is 6.61 Å². The van der Waals surface area contributed by atoms with Gasteiger partial charge in [-0.1, -0.05) is 12.1 Å². The summed E-state index contributed by atoms with van der Waals surface area (Å²) in [6, 6.07) is 10.9. The van der Waals surface area contributed by atoms with Crippen molar-refractivity contribution in [2.24, 2.45) is 0 Å². The van der Waals surface area contributed by atoms with Gasteiger partial charge in [0.15, 0.2) is 0 Å². The molecule has 0 saturated carbocycles. The molecule has 2 aromatic rings. The van der Waals surface area contributed by atoms with Crippen molar-refractivity contribution in [1.82, 2.24) is 0 Å². The Hall–Kier alpha value is -2.23. The predicted molar refractivity (Wildman–Crippen MR) is 70.5 cm³/mol. The summed E-state index contributed by atoms with van der Waals surface area (Å²) in [4.78, 5) is 11.3. The summed E-state index contributed by atoms with van der Waals surface area (Å²) in [7, 11) is 0. The van der Waals surface area contributed by atoms with Gasteiger partial charge in [-0.2, -0.15) is 0 Å². The van der Waals surface area contributed by atoms with E-state index >= 15 is 0 Å². The van der Waals surface area contributed by atoms with Gasteiger partial charge in [0.05, 0.1) is 0 Å². The number of furan rings is 1. The van der Waals surface area contributed by atoms with Crippen LogP contribution in [0, 0.1) is 13.8 Å². The van der Waals surface area contributed by atoms with Crippen LogP contribution in [0.4, 0.5) is 0 Å². The molecule has 1 aromatic carbocycles. The Kier molecular flexibility index (Phi) is 3.90. The van der Waals surface area contributed by atoms with Crippen molar-refractivity contribution in [3.05, 3.63) is 53.5 Å². The SMILES string of the molecule is Cc1cccc(OCC(C(=O)O)c2ccc(C)o2)c1. The minimum atomic E-state index is -0.956. The Morgan fingerprint density at radius 2 is 2.11 bits per heavy atom. The van der Waals surface area contributed by atoms with Gasteiger partial charge in [-0.15, -0.1) is 0 Å². The molecule has 1 heterocycles. The number of hydrogen-bond donors (Lipinski definition) is 1. The zero-order valence-corrected chi connectivity index (χ0v) is 10.9. The third-order valence-electron chi connectivity index (χ3n) is 2.81. The van der Waals surface area contributed by atoms with Gasteiger partial charge in [0.2, 0.25) is 0 Å². The maximum atomic E-state index is 11.3. The molecule has 0 saturated heterocycles. The third kappa shape index (κ3) is 3.37. The predicted octanol–water partition coefficient (Wildman–Crippen LogP) is 3.14. The van der Waals surface area contributed by atoms with E-state index in [0.717, 1.165) is 5.56 Å². The van der Waals surface area contributed by atoms with Crippen LogP contribution in [0.1, 0.15) is 23.0 Å². The average molecular weight is 260 g/mol. The number of rotatable bonds is 5. The van der Waals surface area contributed by atoms with Crippen LogP contribution in [-0.4, -0.2) is 17.7 Å². The van der Waals surface area contributed by atoms with E-state index < -0.39 is 11.9 Å². The van der Waals surface area contributed by atoms with Crippen LogP contribution < -0.4 is 4.74 Å². The van der Waals surface area contributed by atoms with Crippen molar-refractivity contribution in [1.29, 1.82) is 0 Å². The summed E-state index contributed by atoms with van der Waals surface area (Å²) in [5.41, 5.74) is 1.07. The van der Waals surface area contributed by atoms with Crippen molar-refractivity contribution in [3.8, 4) is 5.75 Å². The molecule has 0 fully saturated rings. The van der Waals surface area contributed by atoms with E-state index in [4.69, 9.17) is 9.15 Å². The minimum Gasteiger partial charge on any atom is -0.492 e. The van der Waals surface area contributed by atoms with Crippen molar-refractivity contribution in [3.63, 3.8) is 0 Å². The molecule has 0 radical (unpaired) electrons. The first-order valence-corrected chi connectivity index (χ1v) is 6.05. The molecule has 2 rings (SSSR count). The normalized spacial score (nSPS) is 12.1. The molecule has 4 nitrogen and oxygen atoms in total. The highest BCUT2D eigenvalue weighted by molar-refractivity contribution is 5.75. The molecular formula is C15H16O4. The summed E-state index contributed by atoms with van der Waals surface area (Å²) in [6.07, 6.45) is 0. The Balaban J connectivity index is 2.08. The molecule has 1 unspecified atom stereocenters. The van der Waals surface area contributed by atoms with Gasteiger partial charge in [-0.05, 0) is 43.7 Å². The van der Waals surface area contributed by atoms with E-state index in [2.05, 4.69) is 0 Å². The van der Waals surface area contributed by atoms with Gasteiger partial charge in [0, 0.05) is 0 Å². The van der Waals surface area contributed by atoms with Crippen molar-refractivity contribution in [2.45, 2.75) is 19.8 Å². The quantitative estimate of drug-likeness (QED) is 0.897. The molecule has 0 amide bonds. The fraction of sp³-hybridized carbons (Fsp3) is 0.267. The van der Waals surface area contributed by atoms with Gasteiger partial charge < -0.3 is 14.3 Å². The second-order valence-electron chi connectivity index (χ2n) is 4.47. The van der Waals surface area contributed by atoms with E-state index in [0.29, 0.717) is 17.3 Å². The number of aliphatic carboxylic acids is 1. The number of carbonyl (C=O) groups is 1. The number of aryl methyl sites for hydroxylation is 2. The molecule has 1 atom stereocenters. The zero-order chi connectivity index (χ0) is 13.8. The molecule has 1 N–H and O–H groups in total. The highest BCUT2D eigenvalue weighted by Gasteiger charge is 2.24. The Bertz CT molecular complexity index is 571. The molecule has 1 aromatic heterocycles. The van der Waals surface area contributed by atoms with Crippen LogP contribution in [0.15, 0.2) is 40.8 Å². The largest absolute Gasteiger partial charge is 0.492 e. The number of ether oxygens (including phenoxy) is 1. The molecule has 0 aliphatic rings. The number of benzene rings is 1. The number of carboxylic acid groups (broad SMARTS) is 1. The second-order valence-corrected chi connectivity index (χ2v) is 4.47.